The zero-order valence-corrected chi connectivity index (χ0v) is 18.6. The Balaban J connectivity index is 1.59. The quantitative estimate of drug-likeness (QED) is 0.317. The van der Waals surface area contributed by atoms with E-state index in [1.165, 1.54) is 25.0 Å². The van der Waals surface area contributed by atoms with Crippen LogP contribution >= 0.6 is 0 Å². The predicted octanol–water partition coefficient (Wildman–Crippen LogP) is 4.53. The molecule has 0 bridgehead atoms. The van der Waals surface area contributed by atoms with Crippen molar-refractivity contribution in [2.75, 3.05) is 19.6 Å². The molecule has 1 heterocycles. The molecule has 0 radical (unpaired) electrons. The minimum atomic E-state index is -4.25. The number of morpholine rings is 1. The normalized spacial score (nSPS) is 21.5. The zero-order chi connectivity index (χ0) is 20.6. The molecule has 0 amide bonds. The number of benzene rings is 1. The van der Waals surface area contributed by atoms with Crippen molar-refractivity contribution < 1.29 is 17.9 Å². The minimum absolute atomic E-state index is 0.318. The van der Waals surface area contributed by atoms with Crippen molar-refractivity contribution >= 4 is 14.7 Å². The molecule has 2 nitrogen and oxygen atoms in total. The predicted molar refractivity (Wildman–Crippen MR) is 113 cm³/mol. The summed E-state index contributed by atoms with van der Waals surface area (Å²) in [6.45, 7) is 11.5. The van der Waals surface area contributed by atoms with Crippen molar-refractivity contribution in [2.24, 2.45) is 0 Å². The highest BCUT2D eigenvalue weighted by Crippen LogP contribution is 2.27. The Kier molecular flexibility index (Phi) is 9.24. The maximum Gasteiger partial charge on any atom is 0.416 e. The zero-order valence-electron chi connectivity index (χ0n) is 17.2. The number of rotatable bonds is 10. The van der Waals surface area contributed by atoms with Gasteiger partial charge in [0.05, 0.1) is 27.3 Å². The van der Waals surface area contributed by atoms with E-state index in [0.29, 0.717) is 17.4 Å². The van der Waals surface area contributed by atoms with Crippen LogP contribution < -0.4 is 5.19 Å². The van der Waals surface area contributed by atoms with Gasteiger partial charge in [0.2, 0.25) is 0 Å². The van der Waals surface area contributed by atoms with Gasteiger partial charge in [0.15, 0.2) is 0 Å². The number of nitrogens with zero attached hydrogens (tertiary/aromatic N) is 1. The van der Waals surface area contributed by atoms with Crippen LogP contribution in [0.25, 0.3) is 0 Å². The summed E-state index contributed by atoms with van der Waals surface area (Å²) in [6, 6.07) is 6.76. The summed E-state index contributed by atoms with van der Waals surface area (Å²) in [7, 11) is -0.973. The van der Waals surface area contributed by atoms with Gasteiger partial charge in [-0.3, -0.25) is 4.90 Å². The van der Waals surface area contributed by atoms with Gasteiger partial charge in [-0.05, 0) is 45.7 Å². The Morgan fingerprint density at radius 3 is 2.43 bits per heavy atom. The van der Waals surface area contributed by atoms with Crippen LogP contribution in [0.1, 0.15) is 51.5 Å². The first-order valence-corrected chi connectivity index (χ1v) is 12.2. The lowest BCUT2D eigenvalue weighted by molar-refractivity contribution is -0.136. The Bertz CT molecular complexity index is 610. The fraction of sp³-hybridized carbons (Fsp3) is 0.636. The van der Waals surface area contributed by atoms with E-state index in [-0.39, 0.29) is 0 Å². The third-order valence-corrected chi connectivity index (χ3v) is 7.43. The fourth-order valence-electron chi connectivity index (χ4n) is 3.98. The summed E-state index contributed by atoms with van der Waals surface area (Å²) in [6.07, 6.45) is 1.96. The van der Waals surface area contributed by atoms with Crippen LogP contribution in [0.4, 0.5) is 13.2 Å². The lowest BCUT2D eigenvalue weighted by Crippen LogP contribution is -2.45. The standard InChI is InChI=1S/C22H34F3NOSi/c1-17(16-28-21-12-8-7-11-20(21)22(23,24)25)10-6-4-5-9-13-26-14-18(2)27-19(3)15-26/h7-8,11-12,18-19H,1,4-6,9-10,13-16,28H2,2-3H3. The molecule has 1 aromatic rings. The van der Waals surface area contributed by atoms with Gasteiger partial charge < -0.3 is 4.74 Å². The second kappa shape index (κ2) is 11.2. The van der Waals surface area contributed by atoms with Gasteiger partial charge in [0, 0.05) is 13.1 Å². The van der Waals surface area contributed by atoms with Gasteiger partial charge in [0.1, 0.15) is 0 Å². The molecule has 1 saturated heterocycles. The van der Waals surface area contributed by atoms with E-state index >= 15 is 0 Å². The molecule has 1 aliphatic heterocycles. The molecule has 1 aliphatic rings. The average Bonchev–Trinajstić information content (AvgIpc) is 2.61. The molecular formula is C22H34F3NOSi. The molecule has 0 saturated carbocycles. The van der Waals surface area contributed by atoms with Gasteiger partial charge in [0.25, 0.3) is 0 Å². The molecule has 1 fully saturated rings. The van der Waals surface area contributed by atoms with E-state index in [4.69, 9.17) is 4.74 Å². The summed E-state index contributed by atoms with van der Waals surface area (Å²) < 4.78 is 44.9. The minimum Gasteiger partial charge on any atom is -0.373 e. The Morgan fingerprint density at radius 1 is 1.11 bits per heavy atom. The second-order valence-corrected chi connectivity index (χ2v) is 9.85. The third-order valence-electron chi connectivity index (χ3n) is 5.32. The number of alkyl halides is 3. The molecule has 158 valence electrons. The van der Waals surface area contributed by atoms with Crippen molar-refractivity contribution in [2.45, 2.75) is 70.4 Å². The first-order chi connectivity index (χ1) is 13.3. The summed E-state index contributed by atoms with van der Waals surface area (Å²) in [5.41, 5.74) is 0.653. The van der Waals surface area contributed by atoms with Crippen molar-refractivity contribution in [1.29, 1.82) is 0 Å². The maximum absolute atomic E-state index is 13.1. The number of unbranched alkanes of at least 4 members (excludes halogenated alkanes) is 3. The van der Waals surface area contributed by atoms with Crippen LogP contribution in [0.15, 0.2) is 36.4 Å². The summed E-state index contributed by atoms with van der Waals surface area (Å²) >= 11 is 0. The largest absolute Gasteiger partial charge is 0.416 e. The van der Waals surface area contributed by atoms with Gasteiger partial charge in [-0.25, -0.2) is 0 Å². The van der Waals surface area contributed by atoms with Crippen LogP contribution in [0.2, 0.25) is 6.04 Å². The smallest absolute Gasteiger partial charge is 0.373 e. The first kappa shape index (κ1) is 23.2. The van der Waals surface area contributed by atoms with E-state index in [0.717, 1.165) is 50.5 Å². The highest BCUT2D eigenvalue weighted by Gasteiger charge is 2.32. The lowest BCUT2D eigenvalue weighted by atomic mass is 10.1. The maximum atomic E-state index is 13.1. The Labute approximate surface area is 170 Å². The summed E-state index contributed by atoms with van der Waals surface area (Å²) in [5, 5.41) is 0.505. The lowest BCUT2D eigenvalue weighted by Gasteiger charge is -2.35. The number of hydrogen-bond acceptors (Lipinski definition) is 2. The number of allylic oxidation sites excluding steroid dienone is 1. The molecule has 0 N–H and O–H groups in total. The van der Waals surface area contributed by atoms with Crippen LogP contribution in [-0.4, -0.2) is 46.3 Å². The molecule has 0 aliphatic carbocycles. The van der Waals surface area contributed by atoms with E-state index in [1.54, 1.807) is 12.1 Å². The Morgan fingerprint density at radius 2 is 1.75 bits per heavy atom. The fourth-order valence-corrected chi connectivity index (χ4v) is 5.75. The molecule has 0 aromatic heterocycles. The van der Waals surface area contributed by atoms with Crippen molar-refractivity contribution in [3.05, 3.63) is 42.0 Å². The van der Waals surface area contributed by atoms with Crippen LogP contribution in [0, 0.1) is 0 Å². The van der Waals surface area contributed by atoms with Gasteiger partial charge >= 0.3 is 6.18 Å². The van der Waals surface area contributed by atoms with Crippen molar-refractivity contribution in [3.63, 3.8) is 0 Å². The molecule has 28 heavy (non-hydrogen) atoms. The van der Waals surface area contributed by atoms with Gasteiger partial charge in [-0.2, -0.15) is 13.2 Å². The highest BCUT2D eigenvalue weighted by molar-refractivity contribution is 6.54. The van der Waals surface area contributed by atoms with Crippen LogP contribution in [0.3, 0.4) is 0 Å². The SMILES string of the molecule is C=C(CCCCCCN1CC(C)OC(C)C1)C[SiH2]c1ccccc1C(F)(F)F. The first-order valence-electron chi connectivity index (χ1n) is 10.4. The Hall–Kier alpha value is -1.11. The topological polar surface area (TPSA) is 12.5 Å². The van der Waals surface area contributed by atoms with E-state index in [1.807, 2.05) is 0 Å². The molecule has 6 heteroatoms. The number of halogens is 3. The highest BCUT2D eigenvalue weighted by atomic mass is 28.2. The van der Waals surface area contributed by atoms with Gasteiger partial charge in [-0.15, -0.1) is 6.58 Å². The molecule has 2 rings (SSSR count). The van der Waals surface area contributed by atoms with Crippen LogP contribution in [-0.2, 0) is 10.9 Å². The second-order valence-electron chi connectivity index (χ2n) is 8.09. The molecule has 0 spiro atoms. The van der Waals surface area contributed by atoms with E-state index in [9.17, 15) is 13.2 Å². The molecular weight excluding hydrogens is 379 g/mol. The van der Waals surface area contributed by atoms with Crippen LogP contribution in [0.5, 0.6) is 0 Å². The van der Waals surface area contributed by atoms with Gasteiger partial charge in [-0.1, -0.05) is 47.9 Å². The van der Waals surface area contributed by atoms with E-state index in [2.05, 4.69) is 25.3 Å². The number of ether oxygens (including phenoxy) is 1. The summed E-state index contributed by atoms with van der Waals surface area (Å²) in [5.74, 6) is 0. The number of hydrogen-bond donors (Lipinski definition) is 0. The van der Waals surface area contributed by atoms with Crippen molar-refractivity contribution in [3.8, 4) is 0 Å². The third kappa shape index (κ3) is 8.09. The molecule has 2 unspecified atom stereocenters. The molecule has 1 aromatic carbocycles. The van der Waals surface area contributed by atoms with Crippen molar-refractivity contribution in [1.82, 2.24) is 4.90 Å². The average molecular weight is 414 g/mol. The molecule has 2 atom stereocenters. The monoisotopic (exact) mass is 413 g/mol. The summed E-state index contributed by atoms with van der Waals surface area (Å²) in [4.78, 5) is 2.49. The van der Waals surface area contributed by atoms with E-state index < -0.39 is 21.3 Å².